The lowest BCUT2D eigenvalue weighted by atomic mass is 10.1. The third-order valence-corrected chi connectivity index (χ3v) is 3.84. The molecule has 0 aliphatic rings. The Labute approximate surface area is 152 Å². The van der Waals surface area contributed by atoms with E-state index in [9.17, 15) is 9.59 Å². The van der Waals surface area contributed by atoms with Gasteiger partial charge in [-0.15, -0.1) is 0 Å². The van der Waals surface area contributed by atoms with Gasteiger partial charge in [-0.1, -0.05) is 18.2 Å². The number of nitrogens with zero attached hydrogens (tertiary/aromatic N) is 1. The lowest BCUT2D eigenvalue weighted by Crippen LogP contribution is -2.31. The summed E-state index contributed by atoms with van der Waals surface area (Å²) >= 11 is 0. The number of nitriles is 1. The minimum Gasteiger partial charge on any atom is -0.482 e. The predicted molar refractivity (Wildman–Crippen MR) is 96.8 cm³/mol. The van der Waals surface area contributed by atoms with Crippen LogP contribution in [0.5, 0.6) is 5.75 Å². The van der Waals surface area contributed by atoms with E-state index in [0.29, 0.717) is 17.0 Å². The molecule has 1 atom stereocenters. The summed E-state index contributed by atoms with van der Waals surface area (Å²) in [6, 6.07) is 14.0. The van der Waals surface area contributed by atoms with Gasteiger partial charge in [0.05, 0.1) is 11.6 Å². The Bertz CT molecular complexity index is 855. The highest BCUT2D eigenvalue weighted by atomic mass is 16.6. The normalized spacial score (nSPS) is 11.2. The van der Waals surface area contributed by atoms with Gasteiger partial charge in [-0.3, -0.25) is 4.79 Å². The predicted octanol–water partition coefficient (Wildman–Crippen LogP) is 3.12. The topological polar surface area (TPSA) is 88.4 Å². The van der Waals surface area contributed by atoms with Gasteiger partial charge in [-0.25, -0.2) is 4.79 Å². The van der Waals surface area contributed by atoms with E-state index in [2.05, 4.69) is 5.32 Å². The number of anilines is 1. The highest BCUT2D eigenvalue weighted by Crippen LogP contribution is 2.20. The van der Waals surface area contributed by atoms with Gasteiger partial charge in [0.1, 0.15) is 5.75 Å². The van der Waals surface area contributed by atoms with E-state index in [0.717, 1.165) is 11.1 Å². The molecular weight excluding hydrogens is 332 g/mol. The molecule has 2 aromatic carbocycles. The molecule has 0 fully saturated rings. The maximum absolute atomic E-state index is 12.1. The summed E-state index contributed by atoms with van der Waals surface area (Å²) in [5.41, 5.74) is 2.89. The standard InChI is InChI=1S/C20H20N2O4/c1-13-6-4-9-18(14(13)2)25-12-19(23)26-15(3)20(24)22-17-8-5-7-16(10-17)11-21/h4-10,15H,12H2,1-3H3,(H,22,24)/t15-/m1/s1. The van der Waals surface area contributed by atoms with Gasteiger partial charge in [0, 0.05) is 5.69 Å². The summed E-state index contributed by atoms with van der Waals surface area (Å²) < 4.78 is 10.6. The Morgan fingerprint density at radius 2 is 1.92 bits per heavy atom. The Morgan fingerprint density at radius 3 is 2.65 bits per heavy atom. The van der Waals surface area contributed by atoms with Crippen molar-refractivity contribution in [3.63, 3.8) is 0 Å². The minimum absolute atomic E-state index is 0.286. The van der Waals surface area contributed by atoms with Crippen molar-refractivity contribution in [1.29, 1.82) is 5.26 Å². The summed E-state index contributed by atoms with van der Waals surface area (Å²) in [6.45, 7) is 5.04. The third kappa shape index (κ3) is 5.08. The Kier molecular flexibility index (Phi) is 6.34. The van der Waals surface area contributed by atoms with Crippen molar-refractivity contribution < 1.29 is 19.1 Å². The second kappa shape index (κ2) is 8.67. The number of aryl methyl sites for hydroxylation is 1. The maximum atomic E-state index is 12.1. The molecule has 134 valence electrons. The second-order valence-electron chi connectivity index (χ2n) is 5.80. The van der Waals surface area contributed by atoms with Crippen molar-refractivity contribution in [2.45, 2.75) is 26.9 Å². The number of nitrogens with one attached hydrogen (secondary N) is 1. The zero-order valence-corrected chi connectivity index (χ0v) is 14.9. The molecule has 1 amide bonds. The van der Waals surface area contributed by atoms with Gasteiger partial charge in [0.15, 0.2) is 12.7 Å². The highest BCUT2D eigenvalue weighted by molar-refractivity contribution is 5.95. The molecule has 0 aliphatic carbocycles. The molecule has 0 spiro atoms. The largest absolute Gasteiger partial charge is 0.482 e. The van der Waals surface area contributed by atoms with Crippen molar-refractivity contribution in [2.24, 2.45) is 0 Å². The molecular formula is C20H20N2O4. The highest BCUT2D eigenvalue weighted by Gasteiger charge is 2.18. The molecule has 6 nitrogen and oxygen atoms in total. The van der Waals surface area contributed by atoms with E-state index in [1.165, 1.54) is 13.0 Å². The van der Waals surface area contributed by atoms with E-state index in [4.69, 9.17) is 14.7 Å². The van der Waals surface area contributed by atoms with Gasteiger partial charge >= 0.3 is 5.97 Å². The molecule has 0 unspecified atom stereocenters. The quantitative estimate of drug-likeness (QED) is 0.807. The number of hydrogen-bond donors (Lipinski definition) is 1. The summed E-state index contributed by atoms with van der Waals surface area (Å²) in [6.07, 6.45) is -0.990. The van der Waals surface area contributed by atoms with Crippen LogP contribution >= 0.6 is 0 Å². The van der Waals surface area contributed by atoms with Crippen LogP contribution in [0, 0.1) is 25.2 Å². The monoisotopic (exact) mass is 352 g/mol. The summed E-state index contributed by atoms with van der Waals surface area (Å²) in [5, 5.41) is 11.5. The van der Waals surface area contributed by atoms with Crippen molar-refractivity contribution in [3.8, 4) is 11.8 Å². The molecule has 0 bridgehead atoms. The molecule has 0 heterocycles. The number of benzene rings is 2. The number of ether oxygens (including phenoxy) is 2. The SMILES string of the molecule is Cc1cccc(OCC(=O)O[C@H](C)C(=O)Nc2cccc(C#N)c2)c1C. The number of carbonyl (C=O) groups is 2. The number of esters is 1. The van der Waals surface area contributed by atoms with Crippen LogP contribution in [0.1, 0.15) is 23.6 Å². The van der Waals surface area contributed by atoms with E-state index in [-0.39, 0.29) is 6.61 Å². The van der Waals surface area contributed by atoms with E-state index < -0.39 is 18.0 Å². The first kappa shape index (κ1) is 19.0. The molecule has 2 rings (SSSR count). The van der Waals surface area contributed by atoms with Crippen molar-refractivity contribution in [3.05, 3.63) is 59.2 Å². The van der Waals surface area contributed by atoms with Crippen LogP contribution in [0.15, 0.2) is 42.5 Å². The second-order valence-corrected chi connectivity index (χ2v) is 5.80. The minimum atomic E-state index is -0.990. The van der Waals surface area contributed by atoms with Gasteiger partial charge in [0.25, 0.3) is 5.91 Å². The van der Waals surface area contributed by atoms with Crippen LogP contribution in [0.25, 0.3) is 0 Å². The Balaban J connectivity index is 1.86. The number of rotatable bonds is 6. The van der Waals surface area contributed by atoms with Crippen LogP contribution in [-0.4, -0.2) is 24.6 Å². The number of amides is 1. The molecule has 0 radical (unpaired) electrons. The summed E-state index contributed by atoms with van der Waals surface area (Å²) in [4.78, 5) is 24.0. The van der Waals surface area contributed by atoms with Crippen LogP contribution in [0.4, 0.5) is 5.69 Å². The smallest absolute Gasteiger partial charge is 0.344 e. The first-order valence-electron chi connectivity index (χ1n) is 8.10. The van der Waals surface area contributed by atoms with Gasteiger partial charge in [-0.2, -0.15) is 5.26 Å². The van der Waals surface area contributed by atoms with Crippen molar-refractivity contribution >= 4 is 17.6 Å². The molecule has 0 saturated carbocycles. The van der Waals surface area contributed by atoms with Crippen LogP contribution < -0.4 is 10.1 Å². The first-order valence-corrected chi connectivity index (χ1v) is 8.10. The fourth-order valence-electron chi connectivity index (χ4n) is 2.21. The van der Waals surface area contributed by atoms with Crippen molar-refractivity contribution in [1.82, 2.24) is 0 Å². The molecule has 1 N–H and O–H groups in total. The zero-order valence-electron chi connectivity index (χ0n) is 14.9. The molecule has 2 aromatic rings. The van der Waals surface area contributed by atoms with E-state index in [1.807, 2.05) is 32.0 Å². The Morgan fingerprint density at radius 1 is 1.19 bits per heavy atom. The number of hydrogen-bond acceptors (Lipinski definition) is 5. The van der Waals surface area contributed by atoms with Gasteiger partial charge in [0.2, 0.25) is 0 Å². The molecule has 0 aromatic heterocycles. The zero-order chi connectivity index (χ0) is 19.1. The van der Waals surface area contributed by atoms with Crippen LogP contribution in [0.2, 0.25) is 0 Å². The van der Waals surface area contributed by atoms with E-state index in [1.54, 1.807) is 24.3 Å². The third-order valence-electron chi connectivity index (χ3n) is 3.84. The van der Waals surface area contributed by atoms with Crippen LogP contribution in [0.3, 0.4) is 0 Å². The molecule has 26 heavy (non-hydrogen) atoms. The maximum Gasteiger partial charge on any atom is 0.344 e. The lowest BCUT2D eigenvalue weighted by Gasteiger charge is -2.15. The average Bonchev–Trinajstić information content (AvgIpc) is 2.63. The number of carbonyl (C=O) groups excluding carboxylic acids is 2. The average molecular weight is 352 g/mol. The molecule has 0 saturated heterocycles. The lowest BCUT2D eigenvalue weighted by molar-refractivity contribution is -0.155. The van der Waals surface area contributed by atoms with Gasteiger partial charge in [-0.05, 0) is 56.2 Å². The Hall–Kier alpha value is -3.33. The summed E-state index contributed by atoms with van der Waals surface area (Å²) in [5.74, 6) is -0.521. The summed E-state index contributed by atoms with van der Waals surface area (Å²) in [7, 11) is 0. The fourth-order valence-corrected chi connectivity index (χ4v) is 2.21. The van der Waals surface area contributed by atoms with Crippen molar-refractivity contribution in [2.75, 3.05) is 11.9 Å². The van der Waals surface area contributed by atoms with Crippen LogP contribution in [-0.2, 0) is 14.3 Å². The van der Waals surface area contributed by atoms with E-state index >= 15 is 0 Å². The fraction of sp³-hybridized carbons (Fsp3) is 0.250. The first-order chi connectivity index (χ1) is 12.4. The van der Waals surface area contributed by atoms with Gasteiger partial charge < -0.3 is 14.8 Å². The molecule has 0 aliphatic heterocycles. The molecule has 6 heteroatoms.